The lowest BCUT2D eigenvalue weighted by atomic mass is 9.96. The Morgan fingerprint density at radius 2 is 2.13 bits per heavy atom. The van der Waals surface area contributed by atoms with Crippen molar-refractivity contribution >= 4 is 11.8 Å². The lowest BCUT2D eigenvalue weighted by molar-refractivity contribution is -0.145. The summed E-state index contributed by atoms with van der Waals surface area (Å²) < 4.78 is 0. The van der Waals surface area contributed by atoms with E-state index < -0.39 is 5.41 Å². The Balaban J connectivity index is 1.61. The van der Waals surface area contributed by atoms with Crippen molar-refractivity contribution in [2.24, 2.45) is 11.3 Å². The number of hydrogen-bond acceptors (Lipinski definition) is 2. The largest absolute Gasteiger partial charge is 0.351 e. The standard InChI is InChI=1S/C19H26N2O2/c1-14-5-3-7-16(11-14)12-20-17(22)19(8-9-19)18(23)21-10-4-6-15(2)13-21/h3,5,7,11,15H,4,6,8-10,12-13H2,1-2H3,(H,20,22). The van der Waals surface area contributed by atoms with E-state index in [2.05, 4.69) is 18.3 Å². The van der Waals surface area contributed by atoms with E-state index in [0.29, 0.717) is 25.3 Å². The highest BCUT2D eigenvalue weighted by Crippen LogP contribution is 2.48. The number of likely N-dealkylation sites (tertiary alicyclic amines) is 1. The van der Waals surface area contributed by atoms with Gasteiger partial charge in [-0.3, -0.25) is 9.59 Å². The zero-order valence-corrected chi connectivity index (χ0v) is 14.1. The Bertz CT molecular complexity index is 607. The molecule has 1 saturated heterocycles. The molecule has 3 rings (SSSR count). The van der Waals surface area contributed by atoms with Crippen LogP contribution in [-0.4, -0.2) is 29.8 Å². The first-order valence-electron chi connectivity index (χ1n) is 8.64. The van der Waals surface area contributed by atoms with Crippen molar-refractivity contribution in [3.8, 4) is 0 Å². The molecule has 2 fully saturated rings. The zero-order valence-electron chi connectivity index (χ0n) is 14.1. The average molecular weight is 314 g/mol. The number of hydrogen-bond donors (Lipinski definition) is 1. The molecule has 1 aliphatic heterocycles. The normalized spacial score (nSPS) is 22.5. The van der Waals surface area contributed by atoms with Gasteiger partial charge in [-0.1, -0.05) is 36.8 Å². The summed E-state index contributed by atoms with van der Waals surface area (Å²) >= 11 is 0. The Kier molecular flexibility index (Phi) is 4.42. The van der Waals surface area contributed by atoms with Crippen LogP contribution in [0.2, 0.25) is 0 Å². The highest BCUT2D eigenvalue weighted by atomic mass is 16.2. The zero-order chi connectivity index (χ0) is 16.4. The molecule has 0 aromatic heterocycles. The highest BCUT2D eigenvalue weighted by molar-refractivity contribution is 6.07. The fourth-order valence-electron chi connectivity index (χ4n) is 3.51. The summed E-state index contributed by atoms with van der Waals surface area (Å²) in [6.45, 7) is 6.30. The lowest BCUT2D eigenvalue weighted by Crippen LogP contribution is -2.48. The molecule has 0 radical (unpaired) electrons. The second-order valence-corrected chi connectivity index (χ2v) is 7.25. The molecule has 23 heavy (non-hydrogen) atoms. The van der Waals surface area contributed by atoms with Gasteiger partial charge in [0.15, 0.2) is 0 Å². The Hall–Kier alpha value is -1.84. The minimum atomic E-state index is -0.777. The van der Waals surface area contributed by atoms with Crippen molar-refractivity contribution in [3.63, 3.8) is 0 Å². The molecule has 1 saturated carbocycles. The minimum absolute atomic E-state index is 0.0470. The van der Waals surface area contributed by atoms with Crippen LogP contribution in [0.15, 0.2) is 24.3 Å². The molecule has 1 unspecified atom stereocenters. The molecule has 0 spiro atoms. The third-order valence-corrected chi connectivity index (χ3v) is 5.07. The minimum Gasteiger partial charge on any atom is -0.351 e. The van der Waals surface area contributed by atoms with Crippen molar-refractivity contribution in [2.75, 3.05) is 13.1 Å². The summed E-state index contributed by atoms with van der Waals surface area (Å²) in [5.41, 5.74) is 1.48. The molecule has 4 nitrogen and oxygen atoms in total. The highest BCUT2D eigenvalue weighted by Gasteiger charge is 2.58. The van der Waals surface area contributed by atoms with Crippen LogP contribution in [0.1, 0.15) is 43.7 Å². The van der Waals surface area contributed by atoms with Gasteiger partial charge in [0.25, 0.3) is 0 Å². The molecule has 1 heterocycles. The fourth-order valence-corrected chi connectivity index (χ4v) is 3.51. The number of piperidine rings is 1. The van der Waals surface area contributed by atoms with Crippen molar-refractivity contribution in [1.29, 1.82) is 0 Å². The molecule has 1 N–H and O–H groups in total. The third-order valence-electron chi connectivity index (χ3n) is 5.07. The van der Waals surface area contributed by atoms with Crippen LogP contribution in [0.3, 0.4) is 0 Å². The van der Waals surface area contributed by atoms with Crippen LogP contribution in [0.5, 0.6) is 0 Å². The average Bonchev–Trinajstić information content (AvgIpc) is 3.34. The van der Waals surface area contributed by atoms with E-state index in [1.54, 1.807) is 0 Å². The summed E-state index contributed by atoms with van der Waals surface area (Å²) in [7, 11) is 0. The maximum atomic E-state index is 12.8. The first kappa shape index (κ1) is 16.0. The Morgan fingerprint density at radius 1 is 1.35 bits per heavy atom. The smallest absolute Gasteiger partial charge is 0.238 e. The van der Waals surface area contributed by atoms with E-state index in [9.17, 15) is 9.59 Å². The second-order valence-electron chi connectivity index (χ2n) is 7.25. The van der Waals surface area contributed by atoms with E-state index in [1.165, 1.54) is 12.0 Å². The SMILES string of the molecule is Cc1cccc(CNC(=O)C2(C(=O)N3CCCC(C)C3)CC2)c1. The van der Waals surface area contributed by atoms with Crippen molar-refractivity contribution in [3.05, 3.63) is 35.4 Å². The van der Waals surface area contributed by atoms with Crippen molar-refractivity contribution in [1.82, 2.24) is 10.2 Å². The van der Waals surface area contributed by atoms with Gasteiger partial charge in [-0.2, -0.15) is 0 Å². The molecule has 1 aliphatic carbocycles. The van der Waals surface area contributed by atoms with Gasteiger partial charge in [0.05, 0.1) is 0 Å². The van der Waals surface area contributed by atoms with Crippen LogP contribution in [0, 0.1) is 18.3 Å². The Morgan fingerprint density at radius 3 is 2.78 bits per heavy atom. The van der Waals surface area contributed by atoms with Gasteiger partial charge in [-0.25, -0.2) is 0 Å². The number of carbonyl (C=O) groups is 2. The quantitative estimate of drug-likeness (QED) is 0.869. The topological polar surface area (TPSA) is 49.4 Å². The van der Waals surface area contributed by atoms with Gasteiger partial charge >= 0.3 is 0 Å². The van der Waals surface area contributed by atoms with Gasteiger partial charge in [-0.15, -0.1) is 0 Å². The predicted octanol–water partition coefficient (Wildman–Crippen LogP) is 2.65. The van der Waals surface area contributed by atoms with Crippen LogP contribution in [-0.2, 0) is 16.1 Å². The second kappa shape index (κ2) is 6.34. The number of nitrogens with zero attached hydrogens (tertiary/aromatic N) is 1. The first-order chi connectivity index (χ1) is 11.0. The number of nitrogens with one attached hydrogen (secondary N) is 1. The molecule has 2 aliphatic rings. The van der Waals surface area contributed by atoms with Crippen LogP contribution in [0.4, 0.5) is 0 Å². The van der Waals surface area contributed by atoms with Gasteiger partial charge in [0.1, 0.15) is 5.41 Å². The van der Waals surface area contributed by atoms with Gasteiger partial charge in [-0.05, 0) is 44.1 Å². The Labute approximate surface area is 138 Å². The molecular weight excluding hydrogens is 288 g/mol. The lowest BCUT2D eigenvalue weighted by Gasteiger charge is -2.33. The van der Waals surface area contributed by atoms with E-state index in [0.717, 1.165) is 25.1 Å². The number of rotatable bonds is 4. The van der Waals surface area contributed by atoms with Crippen LogP contribution in [0.25, 0.3) is 0 Å². The van der Waals surface area contributed by atoms with Crippen LogP contribution < -0.4 is 5.32 Å². The third kappa shape index (κ3) is 3.41. The van der Waals surface area contributed by atoms with Crippen molar-refractivity contribution in [2.45, 2.75) is 46.1 Å². The van der Waals surface area contributed by atoms with Crippen molar-refractivity contribution < 1.29 is 9.59 Å². The summed E-state index contributed by atoms with van der Waals surface area (Å²) in [5.74, 6) is 0.492. The summed E-state index contributed by atoms with van der Waals surface area (Å²) in [6, 6.07) is 8.09. The number of aryl methyl sites for hydroxylation is 1. The molecular formula is C19H26N2O2. The first-order valence-corrected chi connectivity index (χ1v) is 8.64. The molecule has 2 amide bonds. The summed E-state index contributed by atoms with van der Waals surface area (Å²) in [5, 5.41) is 2.97. The van der Waals surface area contributed by atoms with Gasteiger partial charge in [0.2, 0.25) is 11.8 Å². The van der Waals surface area contributed by atoms with Crippen LogP contribution >= 0.6 is 0 Å². The molecule has 1 atom stereocenters. The number of amides is 2. The fraction of sp³-hybridized carbons (Fsp3) is 0.579. The van der Waals surface area contributed by atoms with E-state index >= 15 is 0 Å². The summed E-state index contributed by atoms with van der Waals surface area (Å²) in [6.07, 6.45) is 3.61. The molecule has 1 aromatic rings. The predicted molar refractivity (Wildman–Crippen MR) is 89.7 cm³/mol. The number of benzene rings is 1. The van der Waals surface area contributed by atoms with E-state index in [4.69, 9.17) is 0 Å². The van der Waals surface area contributed by atoms with E-state index in [1.807, 2.05) is 30.0 Å². The van der Waals surface area contributed by atoms with Gasteiger partial charge < -0.3 is 10.2 Å². The monoisotopic (exact) mass is 314 g/mol. The molecule has 124 valence electrons. The van der Waals surface area contributed by atoms with E-state index in [-0.39, 0.29) is 11.8 Å². The summed E-state index contributed by atoms with van der Waals surface area (Å²) in [4.78, 5) is 27.3. The molecule has 1 aromatic carbocycles. The molecule has 4 heteroatoms. The maximum absolute atomic E-state index is 12.8. The number of carbonyl (C=O) groups excluding carboxylic acids is 2. The van der Waals surface area contributed by atoms with Gasteiger partial charge in [0, 0.05) is 19.6 Å². The maximum Gasteiger partial charge on any atom is 0.238 e. The molecule has 0 bridgehead atoms.